The van der Waals surface area contributed by atoms with Gasteiger partial charge >= 0.3 is 5.97 Å². The predicted octanol–water partition coefficient (Wildman–Crippen LogP) is 3.07. The standard InChI is InChI=1S/C17H15ClFNO4/c18-14-13(7-3-9(21)4-7)12(19)5-10-15(14)20(8-1-2-8)6-11(16(10)22)17(23)24/h5-9,21H,1-4H2,(H,23,24). The molecule has 7 heteroatoms. The lowest BCUT2D eigenvalue weighted by Crippen LogP contribution is -2.28. The molecule has 0 amide bonds. The van der Waals surface area contributed by atoms with E-state index in [-0.39, 0.29) is 27.9 Å². The lowest BCUT2D eigenvalue weighted by molar-refractivity contribution is 0.0693. The SMILES string of the molecule is O=C(O)c1cn(C2CC2)c2c(Cl)c(C3CC(O)C3)c(F)cc2c1=O. The van der Waals surface area contributed by atoms with Gasteiger partial charge in [-0.3, -0.25) is 4.79 Å². The van der Waals surface area contributed by atoms with E-state index in [4.69, 9.17) is 11.6 Å². The number of rotatable bonds is 3. The minimum Gasteiger partial charge on any atom is -0.477 e. The monoisotopic (exact) mass is 351 g/mol. The van der Waals surface area contributed by atoms with Crippen LogP contribution in [0.4, 0.5) is 4.39 Å². The highest BCUT2D eigenvalue weighted by Gasteiger charge is 2.35. The Morgan fingerprint density at radius 3 is 2.54 bits per heavy atom. The van der Waals surface area contributed by atoms with E-state index in [0.717, 1.165) is 18.9 Å². The van der Waals surface area contributed by atoms with Crippen LogP contribution in [0.3, 0.4) is 0 Å². The molecule has 2 aliphatic rings. The summed E-state index contributed by atoms with van der Waals surface area (Å²) in [4.78, 5) is 23.8. The number of fused-ring (bicyclic) bond motifs is 1. The molecule has 2 fully saturated rings. The molecule has 0 unspecified atom stereocenters. The topological polar surface area (TPSA) is 79.5 Å². The molecule has 2 aliphatic carbocycles. The summed E-state index contributed by atoms with van der Waals surface area (Å²) >= 11 is 6.45. The molecule has 0 saturated heterocycles. The highest BCUT2D eigenvalue weighted by molar-refractivity contribution is 6.36. The molecule has 24 heavy (non-hydrogen) atoms. The summed E-state index contributed by atoms with van der Waals surface area (Å²) in [5, 5.41) is 18.9. The molecule has 1 aromatic carbocycles. The van der Waals surface area contributed by atoms with Crippen LogP contribution in [0.15, 0.2) is 17.1 Å². The zero-order valence-corrected chi connectivity index (χ0v) is 13.4. The molecular formula is C17H15ClFNO4. The Morgan fingerprint density at radius 2 is 2.00 bits per heavy atom. The molecule has 1 aromatic heterocycles. The molecular weight excluding hydrogens is 337 g/mol. The van der Waals surface area contributed by atoms with Gasteiger partial charge in [-0.15, -0.1) is 0 Å². The van der Waals surface area contributed by atoms with Crippen molar-refractivity contribution in [1.29, 1.82) is 0 Å². The van der Waals surface area contributed by atoms with Crippen LogP contribution < -0.4 is 5.43 Å². The minimum absolute atomic E-state index is 0.00655. The van der Waals surface area contributed by atoms with Crippen LogP contribution in [0.2, 0.25) is 5.02 Å². The van der Waals surface area contributed by atoms with Crippen molar-refractivity contribution >= 4 is 28.5 Å². The van der Waals surface area contributed by atoms with Crippen LogP contribution in [0.25, 0.3) is 10.9 Å². The van der Waals surface area contributed by atoms with E-state index in [0.29, 0.717) is 23.9 Å². The molecule has 1 heterocycles. The fourth-order valence-corrected chi connectivity index (χ4v) is 3.89. The second kappa shape index (κ2) is 5.29. The zero-order valence-electron chi connectivity index (χ0n) is 12.6. The number of aromatic nitrogens is 1. The molecule has 2 N–H and O–H groups in total. The Hall–Kier alpha value is -1.92. The Morgan fingerprint density at radius 1 is 1.33 bits per heavy atom. The van der Waals surface area contributed by atoms with E-state index in [2.05, 4.69) is 0 Å². The molecule has 0 aliphatic heterocycles. The summed E-state index contributed by atoms with van der Waals surface area (Å²) in [5.41, 5.74) is -0.398. The number of carboxylic acid groups (broad SMARTS) is 1. The van der Waals surface area contributed by atoms with Crippen molar-refractivity contribution in [3.63, 3.8) is 0 Å². The highest BCUT2D eigenvalue weighted by Crippen LogP contribution is 2.45. The van der Waals surface area contributed by atoms with Crippen molar-refractivity contribution < 1.29 is 19.4 Å². The molecule has 2 aromatic rings. The Kier molecular flexibility index (Phi) is 3.44. The molecule has 0 radical (unpaired) electrons. The summed E-state index contributed by atoms with van der Waals surface area (Å²) in [6.45, 7) is 0. The average Bonchev–Trinajstić information content (AvgIpc) is 3.30. The number of aliphatic hydroxyl groups is 1. The van der Waals surface area contributed by atoms with Gasteiger partial charge in [0, 0.05) is 17.8 Å². The van der Waals surface area contributed by atoms with Gasteiger partial charge in [0.2, 0.25) is 5.43 Å². The van der Waals surface area contributed by atoms with E-state index < -0.39 is 23.3 Å². The van der Waals surface area contributed by atoms with Gasteiger partial charge in [0.05, 0.1) is 22.0 Å². The van der Waals surface area contributed by atoms with E-state index >= 15 is 0 Å². The summed E-state index contributed by atoms with van der Waals surface area (Å²) < 4.78 is 16.3. The highest BCUT2D eigenvalue weighted by atomic mass is 35.5. The van der Waals surface area contributed by atoms with Gasteiger partial charge in [0.15, 0.2) is 0 Å². The number of pyridine rings is 1. The molecule has 2 saturated carbocycles. The van der Waals surface area contributed by atoms with Crippen LogP contribution >= 0.6 is 11.6 Å². The first-order valence-corrected chi connectivity index (χ1v) is 8.24. The minimum atomic E-state index is -1.33. The third kappa shape index (κ3) is 2.24. The number of hydrogen-bond donors (Lipinski definition) is 2. The fourth-order valence-electron chi connectivity index (χ4n) is 3.45. The lowest BCUT2D eigenvalue weighted by Gasteiger charge is -2.33. The molecule has 4 rings (SSSR count). The van der Waals surface area contributed by atoms with Crippen molar-refractivity contribution in [2.45, 2.75) is 43.7 Å². The van der Waals surface area contributed by atoms with Gasteiger partial charge in [-0.2, -0.15) is 0 Å². The maximum atomic E-state index is 14.6. The van der Waals surface area contributed by atoms with Gasteiger partial charge in [-0.25, -0.2) is 9.18 Å². The van der Waals surface area contributed by atoms with Crippen LogP contribution in [0.5, 0.6) is 0 Å². The fraction of sp³-hybridized carbons (Fsp3) is 0.412. The number of aromatic carboxylic acids is 1. The zero-order chi connectivity index (χ0) is 17.2. The summed E-state index contributed by atoms with van der Waals surface area (Å²) in [6.07, 6.45) is 3.45. The maximum absolute atomic E-state index is 14.6. The number of carbonyl (C=O) groups is 1. The van der Waals surface area contributed by atoms with Crippen molar-refractivity contribution in [2.75, 3.05) is 0 Å². The Balaban J connectivity index is 2.04. The molecule has 0 spiro atoms. The van der Waals surface area contributed by atoms with Crippen LogP contribution in [-0.2, 0) is 0 Å². The second-order valence-corrected chi connectivity index (χ2v) is 7.00. The lowest BCUT2D eigenvalue weighted by atomic mass is 9.77. The number of nitrogens with zero attached hydrogens (tertiary/aromatic N) is 1. The number of hydrogen-bond acceptors (Lipinski definition) is 3. The first-order chi connectivity index (χ1) is 11.4. The van der Waals surface area contributed by atoms with E-state index in [1.54, 1.807) is 4.57 Å². The van der Waals surface area contributed by atoms with Crippen molar-refractivity contribution in [1.82, 2.24) is 4.57 Å². The molecule has 0 bridgehead atoms. The first kappa shape index (κ1) is 15.6. The van der Waals surface area contributed by atoms with Gasteiger partial charge < -0.3 is 14.8 Å². The first-order valence-electron chi connectivity index (χ1n) is 7.86. The van der Waals surface area contributed by atoms with Crippen molar-refractivity contribution in [3.8, 4) is 0 Å². The molecule has 0 atom stereocenters. The maximum Gasteiger partial charge on any atom is 0.341 e. The van der Waals surface area contributed by atoms with E-state index in [9.17, 15) is 24.2 Å². The van der Waals surface area contributed by atoms with E-state index in [1.807, 2.05) is 0 Å². The van der Waals surface area contributed by atoms with Crippen LogP contribution in [-0.4, -0.2) is 26.9 Å². The second-order valence-electron chi connectivity index (χ2n) is 6.62. The van der Waals surface area contributed by atoms with Crippen molar-refractivity contribution in [3.05, 3.63) is 44.5 Å². The summed E-state index contributed by atoms with van der Waals surface area (Å²) in [7, 11) is 0. The third-order valence-electron chi connectivity index (χ3n) is 4.94. The average molecular weight is 352 g/mol. The van der Waals surface area contributed by atoms with Crippen LogP contribution in [0.1, 0.15) is 53.6 Å². The van der Waals surface area contributed by atoms with Gasteiger partial charge in [-0.1, -0.05) is 11.6 Å². The Bertz CT molecular complexity index is 929. The molecule has 126 valence electrons. The molecule has 5 nitrogen and oxygen atoms in total. The third-order valence-corrected chi connectivity index (χ3v) is 5.32. The normalized spacial score (nSPS) is 23.3. The quantitative estimate of drug-likeness (QED) is 0.890. The number of carboxylic acids is 1. The summed E-state index contributed by atoms with van der Waals surface area (Å²) in [6, 6.07) is 1.17. The Labute approximate surface area is 141 Å². The van der Waals surface area contributed by atoms with Crippen molar-refractivity contribution in [2.24, 2.45) is 0 Å². The van der Waals surface area contributed by atoms with Gasteiger partial charge in [0.1, 0.15) is 11.4 Å². The number of halogens is 2. The number of aliphatic hydroxyl groups excluding tert-OH is 1. The summed E-state index contributed by atoms with van der Waals surface area (Å²) in [5.74, 6) is -2.13. The van der Waals surface area contributed by atoms with Crippen LogP contribution in [0, 0.1) is 5.82 Å². The van der Waals surface area contributed by atoms with Gasteiger partial charge in [0.25, 0.3) is 0 Å². The smallest absolute Gasteiger partial charge is 0.341 e. The predicted molar refractivity (Wildman–Crippen MR) is 86.4 cm³/mol. The van der Waals surface area contributed by atoms with E-state index in [1.165, 1.54) is 6.20 Å². The number of benzene rings is 1. The van der Waals surface area contributed by atoms with Gasteiger partial charge in [-0.05, 0) is 37.7 Å². The largest absolute Gasteiger partial charge is 0.477 e.